The van der Waals surface area contributed by atoms with Gasteiger partial charge in [0.25, 0.3) is 0 Å². The molecule has 37 nitrogen and oxygen atoms in total. The highest BCUT2D eigenvalue weighted by Crippen LogP contribution is 2.46. The predicted octanol–water partition coefficient (Wildman–Crippen LogP) is -1.40. The number of rotatable bonds is 65. The van der Waals surface area contributed by atoms with Crippen LogP contribution in [-0.4, -0.2) is 364 Å². The maximum absolute atomic E-state index is 10.7. The van der Waals surface area contributed by atoms with Crippen molar-refractivity contribution in [3.8, 4) is 0 Å². The molecule has 3 heterocycles. The van der Waals surface area contributed by atoms with Crippen molar-refractivity contribution in [3.05, 3.63) is 0 Å². The number of ether oxygens (including phenoxy) is 16. The van der Waals surface area contributed by atoms with Crippen LogP contribution < -0.4 is 0 Å². The molecule has 0 bridgehead atoms. The van der Waals surface area contributed by atoms with E-state index < -0.39 is 144 Å². The maximum atomic E-state index is 10.7. The van der Waals surface area contributed by atoms with E-state index in [1.165, 1.54) is 7.11 Å². The molecule has 10 unspecified atom stereocenters. The van der Waals surface area contributed by atoms with Crippen molar-refractivity contribution in [2.75, 3.05) is 225 Å². The zero-order chi connectivity index (χ0) is 75.3. The highest BCUT2D eigenvalue weighted by molar-refractivity contribution is 8.08. The summed E-state index contributed by atoms with van der Waals surface area (Å²) < 4.78 is 134. The van der Waals surface area contributed by atoms with Gasteiger partial charge in [-0.1, -0.05) is 20.8 Å². The summed E-state index contributed by atoms with van der Waals surface area (Å²) in [5, 5.41) is 89.0. The average molecular weight is 1640 g/mol. The molecule has 13 N–H and O–H groups in total. The van der Waals surface area contributed by atoms with Gasteiger partial charge in [-0.05, 0) is 72.9 Å². The third-order valence-corrected chi connectivity index (χ3v) is 22.0. The van der Waals surface area contributed by atoms with Crippen molar-refractivity contribution >= 4 is 74.1 Å². The summed E-state index contributed by atoms with van der Waals surface area (Å²) >= 11 is 20.5. The van der Waals surface area contributed by atoms with E-state index in [2.05, 4.69) is 0 Å². The van der Waals surface area contributed by atoms with Crippen LogP contribution in [0.15, 0.2) is 0 Å². The summed E-state index contributed by atoms with van der Waals surface area (Å²) in [5.41, 5.74) is -0.994. The summed E-state index contributed by atoms with van der Waals surface area (Å²) in [6, 6.07) is 0. The SMILES string of the molecule is COP(O)(=S)OCCCOCC(COCCCOP(O)(=S)OCCOCCOCCO[C@@H]1OC(CO)[C@H](O)[C@H](O)C1C)(COCCCOP(O)(=S)OCCOCCOCCO[C@@H]1OC(CO)[C@H](O)[C@H](O)C1C)COCCCOP(O)(=S)OCCOCCOCCO[C@@H]1OC(CO)[C@H](O)[C@H](O)C1C. The lowest BCUT2D eigenvalue weighted by Gasteiger charge is -2.40. The van der Waals surface area contributed by atoms with Crippen molar-refractivity contribution in [2.24, 2.45) is 23.2 Å². The standard InChI is InChI=1S/C57H114O37P4S4/c1-42-48(61)51(64)45(35-58)92-54(42)82-29-23-72-17-20-75-26-32-89-96(68,100)86-14-6-10-79-39-57(38-78-9-5-13-85-95(67,99)71-4,40-80-11-7-15-87-97(69,101)90-33-27-76-21-18-73-24-30-83-55-43(2)49(62)52(65)46(36-59)93-55)41-81-12-8-16-88-98(70,102)91-34-28-77-22-19-74-25-31-84-56-44(3)50(63)53(66)47(37-60)94-56/h42-56,58-66H,5-41H2,1-4H3,(H,67,99)(H,68,100)(H,69,101)(H,70,102)/t42?,43?,44?,45?,46?,47?,48-,49-,50-,51+,52+,53+,54-,55-,56-,57?,95?,96?,97?,98?/m1/s1. The molecule has 0 saturated carbocycles. The largest absolute Gasteiger partial charge is 0.394 e. The quantitative estimate of drug-likeness (QED) is 0.0246. The third-order valence-electron chi connectivity index (χ3n) is 15.3. The van der Waals surface area contributed by atoms with Gasteiger partial charge < -0.3 is 178 Å². The van der Waals surface area contributed by atoms with Crippen molar-refractivity contribution < 1.29 is 178 Å². The van der Waals surface area contributed by atoms with Gasteiger partial charge in [0, 0.05) is 51.3 Å². The number of aliphatic hydroxyl groups is 9. The van der Waals surface area contributed by atoms with Crippen LogP contribution in [0.1, 0.15) is 46.5 Å². The van der Waals surface area contributed by atoms with Crippen molar-refractivity contribution in [3.63, 3.8) is 0 Å². The molecular weight excluding hydrogens is 1530 g/mol. The van der Waals surface area contributed by atoms with Crippen LogP contribution in [0.2, 0.25) is 0 Å². The van der Waals surface area contributed by atoms with E-state index >= 15 is 0 Å². The molecule has 102 heavy (non-hydrogen) atoms. The monoisotopic (exact) mass is 1640 g/mol. The minimum Gasteiger partial charge on any atom is -0.394 e. The second-order valence-electron chi connectivity index (χ2n) is 23.5. The summed E-state index contributed by atoms with van der Waals surface area (Å²) in [5.74, 6) is -1.61. The van der Waals surface area contributed by atoms with Crippen LogP contribution in [0.3, 0.4) is 0 Å². The summed E-state index contributed by atoms with van der Waals surface area (Å²) in [4.78, 5) is 42.1. The fourth-order valence-corrected chi connectivity index (χ4v) is 13.7. The Labute approximate surface area is 617 Å². The van der Waals surface area contributed by atoms with Crippen LogP contribution in [-0.2, 0) is 159 Å². The van der Waals surface area contributed by atoms with Crippen LogP contribution in [0.5, 0.6) is 0 Å². The van der Waals surface area contributed by atoms with E-state index in [1.807, 2.05) is 0 Å². The fourth-order valence-electron chi connectivity index (χ4n) is 9.44. The lowest BCUT2D eigenvalue weighted by molar-refractivity contribution is -0.284. The Morgan fingerprint density at radius 3 is 0.745 bits per heavy atom. The maximum Gasteiger partial charge on any atom is 0.324 e. The van der Waals surface area contributed by atoms with Gasteiger partial charge in [-0.15, -0.1) is 0 Å². The molecule has 3 aliphatic heterocycles. The molecular formula is C57H114O37P4S4. The predicted molar refractivity (Wildman–Crippen MR) is 372 cm³/mol. The first kappa shape index (κ1) is 97.3. The van der Waals surface area contributed by atoms with Crippen LogP contribution in [0.4, 0.5) is 0 Å². The lowest BCUT2D eigenvalue weighted by atomic mass is 9.92. The van der Waals surface area contributed by atoms with Gasteiger partial charge in [-0.2, -0.15) is 0 Å². The van der Waals surface area contributed by atoms with Crippen LogP contribution in [0, 0.1) is 23.2 Å². The summed E-state index contributed by atoms with van der Waals surface area (Å²) in [6.07, 6.45) is -11.4. The van der Waals surface area contributed by atoms with Crippen LogP contribution in [0.25, 0.3) is 0 Å². The zero-order valence-corrected chi connectivity index (χ0v) is 65.2. The van der Waals surface area contributed by atoms with Gasteiger partial charge >= 0.3 is 26.9 Å². The Morgan fingerprint density at radius 2 is 0.510 bits per heavy atom. The minimum absolute atomic E-state index is 0.00531. The minimum atomic E-state index is -3.68. The Morgan fingerprint density at radius 1 is 0.294 bits per heavy atom. The molecule has 0 radical (unpaired) electrons. The molecule has 608 valence electrons. The average Bonchev–Trinajstić information content (AvgIpc) is 0.821. The zero-order valence-electron chi connectivity index (χ0n) is 58.4. The molecule has 0 aromatic heterocycles. The second kappa shape index (κ2) is 55.5. The van der Waals surface area contributed by atoms with Crippen molar-refractivity contribution in [1.29, 1.82) is 0 Å². The van der Waals surface area contributed by atoms with E-state index in [0.29, 0.717) is 6.42 Å². The first-order chi connectivity index (χ1) is 48.7. The first-order valence-electron chi connectivity index (χ1n) is 33.5. The van der Waals surface area contributed by atoms with E-state index in [1.54, 1.807) is 20.8 Å². The molecule has 3 aliphatic rings. The van der Waals surface area contributed by atoms with Gasteiger partial charge in [0.15, 0.2) is 18.9 Å². The highest BCUT2D eigenvalue weighted by atomic mass is 32.5. The van der Waals surface area contributed by atoms with E-state index in [9.17, 15) is 65.5 Å². The molecule has 45 heteroatoms. The molecule has 0 aliphatic carbocycles. The molecule has 3 rings (SSSR count). The molecule has 3 fully saturated rings. The van der Waals surface area contributed by atoms with E-state index in [-0.39, 0.29) is 217 Å². The van der Waals surface area contributed by atoms with Gasteiger partial charge in [0.1, 0.15) is 36.6 Å². The van der Waals surface area contributed by atoms with Crippen molar-refractivity contribution in [1.82, 2.24) is 0 Å². The third kappa shape index (κ3) is 41.6. The molecule has 19 atom stereocenters. The number of hydrogen-bond donors (Lipinski definition) is 13. The fraction of sp³-hybridized carbons (Fsp3) is 1.00. The topological polar surface area (TPSA) is 485 Å². The van der Waals surface area contributed by atoms with E-state index in [0.717, 1.165) is 0 Å². The number of aliphatic hydroxyl groups excluding tert-OH is 9. The van der Waals surface area contributed by atoms with Gasteiger partial charge in [-0.25, -0.2) is 0 Å². The second-order valence-corrected chi connectivity index (χ2v) is 35.0. The van der Waals surface area contributed by atoms with Crippen LogP contribution >= 0.6 is 26.9 Å². The number of hydrogen-bond acceptors (Lipinski definition) is 37. The van der Waals surface area contributed by atoms with Crippen molar-refractivity contribution in [2.45, 2.75) is 120 Å². The smallest absolute Gasteiger partial charge is 0.324 e. The highest BCUT2D eigenvalue weighted by Gasteiger charge is 2.45. The first-order valence-corrected chi connectivity index (χ1v) is 43.9. The van der Waals surface area contributed by atoms with Gasteiger partial charge in [0.05, 0.1) is 215 Å². The lowest BCUT2D eigenvalue weighted by Crippen LogP contribution is -2.55. The Kier molecular flexibility index (Phi) is 53.0. The molecule has 3 saturated heterocycles. The molecule has 0 aromatic carbocycles. The Bertz CT molecular complexity index is 2100. The Balaban J connectivity index is 1.45. The normalized spacial score (nSPS) is 28.7. The van der Waals surface area contributed by atoms with E-state index in [4.69, 9.17) is 159 Å². The van der Waals surface area contributed by atoms with Gasteiger partial charge in [0.2, 0.25) is 0 Å². The molecule has 0 amide bonds. The summed E-state index contributed by atoms with van der Waals surface area (Å²) in [6.45, 7) is -8.45. The van der Waals surface area contributed by atoms with Gasteiger partial charge in [-0.3, -0.25) is 0 Å². The summed E-state index contributed by atoms with van der Waals surface area (Å²) in [7, 11) is 1.24. The Hall–Kier alpha value is 1.12. The molecule has 0 spiro atoms. The molecule has 0 aromatic rings.